The maximum atomic E-state index is 12.2. The van der Waals surface area contributed by atoms with Gasteiger partial charge in [-0.25, -0.2) is 4.79 Å². The Morgan fingerprint density at radius 1 is 1.25 bits per heavy atom. The van der Waals surface area contributed by atoms with Crippen molar-refractivity contribution in [3.05, 3.63) is 12.2 Å². The lowest BCUT2D eigenvalue weighted by molar-refractivity contribution is -0.169. The van der Waals surface area contributed by atoms with Crippen molar-refractivity contribution in [1.29, 1.82) is 0 Å². The van der Waals surface area contributed by atoms with E-state index in [2.05, 4.69) is 0 Å². The van der Waals surface area contributed by atoms with Crippen LogP contribution in [0, 0.1) is 0 Å². The van der Waals surface area contributed by atoms with Crippen molar-refractivity contribution in [3.63, 3.8) is 0 Å². The average molecular weight is 296 g/mol. The van der Waals surface area contributed by atoms with Gasteiger partial charge < -0.3 is 10.0 Å². The lowest BCUT2D eigenvalue weighted by atomic mass is 9.95. The van der Waals surface area contributed by atoms with Crippen molar-refractivity contribution in [2.24, 2.45) is 0 Å². The summed E-state index contributed by atoms with van der Waals surface area (Å²) in [4.78, 5) is 49.0. The van der Waals surface area contributed by atoms with Crippen LogP contribution < -0.4 is 0 Å². The van der Waals surface area contributed by atoms with Gasteiger partial charge in [0.2, 0.25) is 0 Å². The van der Waals surface area contributed by atoms with Crippen LogP contribution in [-0.2, 0) is 19.2 Å². The molecule has 0 aromatic carbocycles. The van der Waals surface area contributed by atoms with Gasteiger partial charge >= 0.3 is 5.97 Å². The first-order valence-electron chi connectivity index (χ1n) is 6.04. The minimum absolute atomic E-state index is 0.480. The van der Waals surface area contributed by atoms with E-state index in [-0.39, 0.29) is 0 Å². The number of carbonyl (C=O) groups is 4. The number of carbonyl (C=O) groups excluding carboxylic acids is 3. The molecule has 20 heavy (non-hydrogen) atoms. The van der Waals surface area contributed by atoms with E-state index in [4.69, 9.17) is 0 Å². The summed E-state index contributed by atoms with van der Waals surface area (Å²) in [5.74, 6) is -2.60. The molecule has 0 aromatic heterocycles. The summed E-state index contributed by atoms with van der Waals surface area (Å²) in [6.45, 7) is 3.48. The van der Waals surface area contributed by atoms with Gasteiger partial charge in [-0.2, -0.15) is 0 Å². The van der Waals surface area contributed by atoms with Crippen LogP contribution >= 0.6 is 11.8 Å². The minimum atomic E-state index is -1.07. The van der Waals surface area contributed by atoms with Crippen molar-refractivity contribution in [1.82, 2.24) is 9.80 Å². The predicted molar refractivity (Wildman–Crippen MR) is 68.5 cm³/mol. The second-order valence-corrected chi connectivity index (χ2v) is 7.19. The van der Waals surface area contributed by atoms with E-state index in [0.717, 1.165) is 17.1 Å². The Labute approximate surface area is 118 Å². The number of β-lactam (4-membered cyclic amide) rings is 1. The van der Waals surface area contributed by atoms with Gasteiger partial charge in [0.05, 0.1) is 0 Å². The fourth-order valence-corrected chi connectivity index (χ4v) is 4.59. The zero-order chi connectivity index (χ0) is 14.8. The maximum Gasteiger partial charge on any atom is 0.327 e. The van der Waals surface area contributed by atoms with E-state index in [1.807, 2.05) is 0 Å². The summed E-state index contributed by atoms with van der Waals surface area (Å²) in [7, 11) is 0. The van der Waals surface area contributed by atoms with Crippen molar-refractivity contribution in [2.75, 3.05) is 0 Å². The third-order valence-corrected chi connectivity index (χ3v) is 5.33. The molecular weight excluding hydrogens is 284 g/mol. The van der Waals surface area contributed by atoms with Gasteiger partial charge in [0.15, 0.2) is 0 Å². The highest BCUT2D eigenvalue weighted by atomic mass is 32.2. The van der Waals surface area contributed by atoms with E-state index in [1.165, 1.54) is 16.7 Å². The SMILES string of the molecule is CC1(C)SC2C(N3C(=O)C=CC3=O)C(=O)N2C1C(=O)O. The second-order valence-electron chi connectivity index (χ2n) is 5.42. The number of carboxylic acid groups (broad SMARTS) is 1. The molecule has 0 spiro atoms. The summed E-state index contributed by atoms with van der Waals surface area (Å²) in [6, 6.07) is -1.83. The summed E-state index contributed by atoms with van der Waals surface area (Å²) in [5, 5.41) is 8.80. The Hall–Kier alpha value is -1.83. The summed E-state index contributed by atoms with van der Waals surface area (Å²) >= 11 is 1.31. The summed E-state index contributed by atoms with van der Waals surface area (Å²) in [5.41, 5.74) is 0. The second kappa shape index (κ2) is 3.85. The highest BCUT2D eigenvalue weighted by Gasteiger charge is 2.66. The molecule has 0 aliphatic carbocycles. The van der Waals surface area contributed by atoms with Crippen LogP contribution in [0.1, 0.15) is 13.8 Å². The van der Waals surface area contributed by atoms with Gasteiger partial charge in [0.25, 0.3) is 17.7 Å². The molecular formula is C12H12N2O5S. The van der Waals surface area contributed by atoms with Crippen molar-refractivity contribution < 1.29 is 24.3 Å². The highest BCUT2D eigenvalue weighted by Crippen LogP contribution is 2.52. The zero-order valence-corrected chi connectivity index (χ0v) is 11.6. The van der Waals surface area contributed by atoms with E-state index < -0.39 is 45.9 Å². The van der Waals surface area contributed by atoms with Crippen LogP contribution in [0.2, 0.25) is 0 Å². The number of hydrogen-bond donors (Lipinski definition) is 1. The van der Waals surface area contributed by atoms with Crippen molar-refractivity contribution in [3.8, 4) is 0 Å². The van der Waals surface area contributed by atoms with Crippen LogP contribution in [0.5, 0.6) is 0 Å². The summed E-state index contributed by atoms with van der Waals surface area (Å²) in [6.07, 6.45) is 2.25. The first kappa shape index (κ1) is 13.2. The third-order valence-electron chi connectivity index (χ3n) is 3.77. The zero-order valence-electron chi connectivity index (χ0n) is 10.8. The molecule has 3 atom stereocenters. The number of aliphatic carboxylic acids is 1. The van der Waals surface area contributed by atoms with Crippen LogP contribution in [0.4, 0.5) is 0 Å². The number of amides is 3. The van der Waals surface area contributed by atoms with Gasteiger partial charge in [0.1, 0.15) is 17.5 Å². The molecule has 0 saturated carbocycles. The molecule has 0 aromatic rings. The number of carboxylic acids is 1. The molecule has 3 aliphatic heterocycles. The summed E-state index contributed by atoms with van der Waals surface area (Å²) < 4.78 is -0.667. The molecule has 1 N–H and O–H groups in total. The van der Waals surface area contributed by atoms with Gasteiger partial charge in [-0.1, -0.05) is 0 Å². The first-order chi connectivity index (χ1) is 9.25. The normalized spacial score (nSPS) is 34.5. The van der Waals surface area contributed by atoms with Crippen molar-refractivity contribution >= 4 is 35.5 Å². The van der Waals surface area contributed by atoms with Gasteiger partial charge in [-0.05, 0) is 13.8 Å². The number of fused-ring (bicyclic) bond motifs is 1. The number of imide groups is 1. The molecule has 7 nitrogen and oxygen atoms in total. The van der Waals surface area contributed by atoms with E-state index >= 15 is 0 Å². The van der Waals surface area contributed by atoms with E-state index in [9.17, 15) is 24.3 Å². The molecule has 2 fully saturated rings. The van der Waals surface area contributed by atoms with Gasteiger partial charge in [-0.15, -0.1) is 11.8 Å². The molecule has 106 valence electrons. The molecule has 2 saturated heterocycles. The molecule has 3 aliphatic rings. The third kappa shape index (κ3) is 1.48. The Bertz CT molecular complexity index is 566. The van der Waals surface area contributed by atoms with Gasteiger partial charge in [-0.3, -0.25) is 19.3 Å². The van der Waals surface area contributed by atoms with Crippen LogP contribution in [0.25, 0.3) is 0 Å². The maximum absolute atomic E-state index is 12.2. The van der Waals surface area contributed by atoms with E-state index in [0.29, 0.717) is 0 Å². The first-order valence-corrected chi connectivity index (χ1v) is 6.92. The fraction of sp³-hybridized carbons (Fsp3) is 0.500. The highest BCUT2D eigenvalue weighted by molar-refractivity contribution is 8.01. The van der Waals surface area contributed by atoms with Gasteiger partial charge in [0, 0.05) is 16.9 Å². The quantitative estimate of drug-likeness (QED) is 0.541. The molecule has 3 rings (SSSR count). The fourth-order valence-electron chi connectivity index (χ4n) is 2.92. The lowest BCUT2D eigenvalue weighted by Crippen LogP contribution is -2.71. The monoisotopic (exact) mass is 296 g/mol. The smallest absolute Gasteiger partial charge is 0.327 e. The van der Waals surface area contributed by atoms with Crippen LogP contribution in [-0.4, -0.2) is 60.8 Å². The standard InChI is InChI=1S/C12H12N2O5S/c1-12(2)8(11(18)19)14-9(17)7(10(14)20-12)13-5(15)3-4-6(13)16/h3-4,7-8,10H,1-2H3,(H,18,19). The minimum Gasteiger partial charge on any atom is -0.480 e. The Morgan fingerprint density at radius 3 is 2.30 bits per heavy atom. The Kier molecular flexibility index (Phi) is 2.53. The largest absolute Gasteiger partial charge is 0.480 e. The molecule has 0 radical (unpaired) electrons. The Balaban J connectivity index is 1.91. The van der Waals surface area contributed by atoms with E-state index in [1.54, 1.807) is 13.8 Å². The molecule has 3 heterocycles. The Morgan fingerprint density at radius 2 is 1.80 bits per heavy atom. The molecule has 3 unspecified atom stereocenters. The number of nitrogens with zero attached hydrogens (tertiary/aromatic N) is 2. The molecule has 8 heteroatoms. The van der Waals surface area contributed by atoms with Crippen molar-refractivity contribution in [2.45, 2.75) is 36.1 Å². The number of thioether (sulfide) groups is 1. The number of hydrogen-bond acceptors (Lipinski definition) is 5. The molecule has 0 bridgehead atoms. The predicted octanol–water partition coefficient (Wildman–Crippen LogP) is -0.573. The topological polar surface area (TPSA) is 95.0 Å². The van der Waals surface area contributed by atoms with Crippen LogP contribution in [0.3, 0.4) is 0 Å². The number of rotatable bonds is 2. The molecule has 3 amide bonds. The lowest BCUT2D eigenvalue weighted by Gasteiger charge is -2.46. The van der Waals surface area contributed by atoms with Crippen LogP contribution in [0.15, 0.2) is 12.2 Å². The average Bonchev–Trinajstić information content (AvgIpc) is 2.78.